The highest BCUT2D eigenvalue weighted by molar-refractivity contribution is 6.02. The molecule has 0 spiro atoms. The summed E-state index contributed by atoms with van der Waals surface area (Å²) in [7, 11) is 1.75. The van der Waals surface area contributed by atoms with Crippen molar-refractivity contribution in [3.05, 3.63) is 82.8 Å². The summed E-state index contributed by atoms with van der Waals surface area (Å²) in [5.41, 5.74) is 0.506. The number of hydrogen-bond acceptors (Lipinski definition) is 9. The molecule has 3 atom stereocenters. The summed E-state index contributed by atoms with van der Waals surface area (Å²) in [4.78, 5) is 40.8. The summed E-state index contributed by atoms with van der Waals surface area (Å²) in [6.45, 7) is 5.07. The molecule has 10 nitrogen and oxygen atoms in total. The van der Waals surface area contributed by atoms with E-state index in [1.807, 2.05) is 0 Å². The molecule has 14 heteroatoms. The number of alkyl halides is 1. The molecule has 8 rings (SSSR count). The van der Waals surface area contributed by atoms with Crippen LogP contribution in [-0.2, 0) is 4.79 Å². The van der Waals surface area contributed by atoms with Gasteiger partial charge in [0.2, 0.25) is 0 Å². The number of hydrogen-bond donors (Lipinski definition) is 0. The first-order valence-corrected chi connectivity index (χ1v) is 18.2. The Balaban J connectivity index is 1.16. The van der Waals surface area contributed by atoms with E-state index < -0.39 is 35.1 Å². The van der Waals surface area contributed by atoms with Gasteiger partial charge in [-0.2, -0.15) is 9.97 Å². The van der Waals surface area contributed by atoms with Crippen molar-refractivity contribution in [3.63, 3.8) is 0 Å². The van der Waals surface area contributed by atoms with Gasteiger partial charge >= 0.3 is 6.01 Å². The topological polar surface area (TPSA) is 100 Å². The standard InChI is InChI=1S/C41H38F4N8O2/c1-5-29-32(43)11-10-25-8-6-9-30(34(25)29)36-35(45)37-31(19-46-36)38(50-40(49-37)55-22-41-13-7-14-53(41)20-26(42)18-41)51(4)28-12-15-52(21-28)39(54)33(44)17-27-16-23(2)47-24(3)48-27/h1,6,8-11,16-17,19,26,28H,7,12-15,18,20-22H2,2-4H3/b33-17-/t26-,28-,41+/m1/s1. The monoisotopic (exact) mass is 750 g/mol. The lowest BCUT2D eigenvalue weighted by Crippen LogP contribution is -2.43. The number of fused-ring (bicyclic) bond motifs is 3. The second-order valence-electron chi connectivity index (χ2n) is 14.6. The molecule has 3 aromatic heterocycles. The average Bonchev–Trinajstić information content (AvgIpc) is 3.88. The summed E-state index contributed by atoms with van der Waals surface area (Å²) in [5, 5.41) is 1.20. The maximum atomic E-state index is 17.0. The number of anilines is 1. The number of aromatic nitrogens is 5. The van der Waals surface area contributed by atoms with Crippen LogP contribution in [0.2, 0.25) is 0 Å². The minimum absolute atomic E-state index is 0.0153. The van der Waals surface area contributed by atoms with Crippen LogP contribution >= 0.6 is 0 Å². The van der Waals surface area contributed by atoms with E-state index >= 15 is 8.78 Å². The van der Waals surface area contributed by atoms with Crippen molar-refractivity contribution in [2.24, 2.45) is 0 Å². The van der Waals surface area contributed by atoms with E-state index in [4.69, 9.17) is 16.1 Å². The molecule has 0 aliphatic carbocycles. The molecule has 0 saturated carbocycles. The fourth-order valence-electron chi connectivity index (χ4n) is 8.46. The van der Waals surface area contributed by atoms with Gasteiger partial charge in [-0.1, -0.05) is 30.2 Å². The van der Waals surface area contributed by atoms with E-state index in [1.165, 1.54) is 17.2 Å². The van der Waals surface area contributed by atoms with Gasteiger partial charge in [0.05, 0.1) is 22.2 Å². The zero-order chi connectivity index (χ0) is 38.6. The minimum Gasteiger partial charge on any atom is -0.461 e. The predicted molar refractivity (Wildman–Crippen MR) is 201 cm³/mol. The van der Waals surface area contributed by atoms with Gasteiger partial charge in [-0.25, -0.2) is 27.5 Å². The Bertz CT molecular complexity index is 2420. The summed E-state index contributed by atoms with van der Waals surface area (Å²) < 4.78 is 68.0. The van der Waals surface area contributed by atoms with Crippen LogP contribution in [0.25, 0.3) is 39.0 Å². The van der Waals surface area contributed by atoms with Gasteiger partial charge < -0.3 is 14.5 Å². The number of likely N-dealkylation sites (tertiary alicyclic amines) is 1. The van der Waals surface area contributed by atoms with Crippen LogP contribution in [0, 0.1) is 37.8 Å². The molecule has 282 valence electrons. The van der Waals surface area contributed by atoms with Crippen molar-refractivity contribution in [1.82, 2.24) is 34.7 Å². The zero-order valence-electron chi connectivity index (χ0n) is 30.6. The fourth-order valence-corrected chi connectivity index (χ4v) is 8.46. The summed E-state index contributed by atoms with van der Waals surface area (Å²) >= 11 is 0. The average molecular weight is 751 g/mol. The van der Waals surface area contributed by atoms with Crippen LogP contribution in [-0.4, -0.2) is 98.2 Å². The third-order valence-electron chi connectivity index (χ3n) is 11.1. The summed E-state index contributed by atoms with van der Waals surface area (Å²) in [6, 6.07) is 9.06. The molecule has 3 aliphatic heterocycles. The smallest absolute Gasteiger partial charge is 0.319 e. The number of ether oxygens (including phenoxy) is 1. The van der Waals surface area contributed by atoms with Crippen molar-refractivity contribution in [3.8, 4) is 29.6 Å². The Labute approximate surface area is 315 Å². The van der Waals surface area contributed by atoms with Crippen molar-refractivity contribution in [2.45, 2.75) is 57.3 Å². The largest absolute Gasteiger partial charge is 0.461 e. The van der Waals surface area contributed by atoms with Gasteiger partial charge in [-0.15, -0.1) is 6.42 Å². The first-order chi connectivity index (χ1) is 26.4. The second kappa shape index (κ2) is 14.2. The van der Waals surface area contributed by atoms with Gasteiger partial charge in [-0.05, 0) is 57.2 Å². The minimum atomic E-state index is -0.977. The number of aryl methyl sites for hydroxylation is 2. The SMILES string of the molecule is C#Cc1c(F)ccc2cccc(-c3ncc4c(N(C)[C@@H]5CCN(C(=O)/C(F)=C/c6cc(C)nc(C)n6)C5)nc(OC[C@@]56CCCN5C[C@H](F)C6)nc4c3F)c12. The maximum Gasteiger partial charge on any atom is 0.319 e. The molecule has 2 aromatic carbocycles. The number of benzene rings is 2. The van der Waals surface area contributed by atoms with Gasteiger partial charge in [0, 0.05) is 68.1 Å². The third-order valence-corrected chi connectivity index (χ3v) is 11.1. The van der Waals surface area contributed by atoms with E-state index in [0.29, 0.717) is 47.4 Å². The van der Waals surface area contributed by atoms with Gasteiger partial charge in [0.25, 0.3) is 5.91 Å². The van der Waals surface area contributed by atoms with Crippen LogP contribution in [0.5, 0.6) is 6.01 Å². The lowest BCUT2D eigenvalue weighted by atomic mass is 9.95. The van der Waals surface area contributed by atoms with Crippen LogP contribution in [0.3, 0.4) is 0 Å². The molecule has 0 radical (unpaired) electrons. The lowest BCUT2D eigenvalue weighted by molar-refractivity contribution is -0.127. The number of rotatable bonds is 8. The zero-order valence-corrected chi connectivity index (χ0v) is 30.6. The number of likely N-dealkylation sites (N-methyl/N-ethyl adjacent to an activating group) is 1. The molecular weight excluding hydrogens is 712 g/mol. The van der Waals surface area contributed by atoms with Crippen LogP contribution in [0.4, 0.5) is 23.4 Å². The number of carbonyl (C=O) groups excluding carboxylic acids is 1. The van der Waals surface area contributed by atoms with Crippen molar-refractivity contribution in [2.75, 3.05) is 44.7 Å². The van der Waals surface area contributed by atoms with Crippen molar-refractivity contribution in [1.29, 1.82) is 0 Å². The molecule has 6 heterocycles. The molecule has 1 amide bonds. The number of nitrogens with zero attached hydrogens (tertiary/aromatic N) is 8. The predicted octanol–water partition coefficient (Wildman–Crippen LogP) is 6.51. The lowest BCUT2D eigenvalue weighted by Gasteiger charge is -2.31. The van der Waals surface area contributed by atoms with Crippen molar-refractivity contribution >= 4 is 39.5 Å². The highest BCUT2D eigenvalue weighted by Crippen LogP contribution is 2.41. The molecule has 0 unspecified atom stereocenters. The van der Waals surface area contributed by atoms with Gasteiger partial charge in [0.15, 0.2) is 11.6 Å². The summed E-state index contributed by atoms with van der Waals surface area (Å²) in [5.74, 6) is 0.000574. The first kappa shape index (κ1) is 36.3. The van der Waals surface area contributed by atoms with E-state index in [1.54, 1.807) is 56.1 Å². The Morgan fingerprint density at radius 1 is 1.13 bits per heavy atom. The highest BCUT2D eigenvalue weighted by atomic mass is 19.1. The van der Waals surface area contributed by atoms with Crippen molar-refractivity contribution < 1.29 is 27.1 Å². The summed E-state index contributed by atoms with van der Waals surface area (Å²) in [6.07, 6.45) is 9.73. The van der Waals surface area contributed by atoms with Gasteiger partial charge in [0.1, 0.15) is 41.4 Å². The van der Waals surface area contributed by atoms with E-state index in [9.17, 15) is 13.6 Å². The molecule has 5 aromatic rings. The van der Waals surface area contributed by atoms with E-state index in [0.717, 1.165) is 25.5 Å². The van der Waals surface area contributed by atoms with Crippen LogP contribution < -0.4 is 9.64 Å². The first-order valence-electron chi connectivity index (χ1n) is 18.2. The van der Waals surface area contributed by atoms with E-state index in [-0.39, 0.29) is 65.3 Å². The second-order valence-corrected chi connectivity index (χ2v) is 14.6. The Hall–Kier alpha value is -5.68. The normalized spacial score (nSPS) is 21.3. The number of carbonyl (C=O) groups is 1. The molecule has 55 heavy (non-hydrogen) atoms. The molecule has 3 saturated heterocycles. The third kappa shape index (κ3) is 6.60. The molecular formula is C41H38F4N8O2. The van der Waals surface area contributed by atoms with Crippen LogP contribution in [0.15, 0.2) is 48.4 Å². The Morgan fingerprint density at radius 3 is 2.76 bits per heavy atom. The highest BCUT2D eigenvalue weighted by Gasteiger charge is 2.49. The quantitative estimate of drug-likeness (QED) is 0.0999. The fraction of sp³-hybridized carbons (Fsp3) is 0.366. The Kier molecular flexibility index (Phi) is 9.37. The number of halogens is 4. The Morgan fingerprint density at radius 2 is 1.96 bits per heavy atom. The van der Waals surface area contributed by atoms with Gasteiger partial charge in [-0.3, -0.25) is 14.7 Å². The maximum absolute atomic E-state index is 17.0. The van der Waals surface area contributed by atoms with E-state index in [2.05, 4.69) is 30.8 Å². The van der Waals surface area contributed by atoms with Crippen LogP contribution in [0.1, 0.15) is 48.5 Å². The molecule has 3 aliphatic rings. The number of amides is 1. The molecule has 0 N–H and O–H groups in total. The number of pyridine rings is 1. The number of terminal acetylenes is 1. The molecule has 3 fully saturated rings. The molecule has 0 bridgehead atoms.